The van der Waals surface area contributed by atoms with Gasteiger partial charge < -0.3 is 20.1 Å². The van der Waals surface area contributed by atoms with Gasteiger partial charge >= 0.3 is 6.18 Å². The molecule has 0 unspecified atom stereocenters. The molecule has 0 aromatic heterocycles. The van der Waals surface area contributed by atoms with Crippen molar-refractivity contribution >= 4 is 11.8 Å². The van der Waals surface area contributed by atoms with E-state index in [9.17, 15) is 27.9 Å². The lowest BCUT2D eigenvalue weighted by atomic mass is 9.74. The molecule has 3 aliphatic rings. The molecule has 1 saturated heterocycles. The van der Waals surface area contributed by atoms with Gasteiger partial charge in [-0.05, 0) is 78.8 Å². The minimum atomic E-state index is -4.40. The number of amides is 2. The molecule has 3 atom stereocenters. The summed E-state index contributed by atoms with van der Waals surface area (Å²) in [6.07, 6.45) is 0.130. The van der Waals surface area contributed by atoms with Crippen molar-refractivity contribution in [2.24, 2.45) is 17.8 Å². The Morgan fingerprint density at radius 2 is 1.84 bits per heavy atom. The van der Waals surface area contributed by atoms with E-state index in [1.807, 2.05) is 4.90 Å². The van der Waals surface area contributed by atoms with Crippen LogP contribution in [0.3, 0.4) is 0 Å². The molecule has 2 saturated carbocycles. The SMILES string of the molecule is COc1ccc(CC(=O)N2C[C@H]3CCC[C@H](CNC(=O)C4(c5ccc(C(F)(F)F)cc5)CC4)[C@H]3C2)cc1O. The number of alkyl halides is 3. The first kappa shape index (κ1) is 26.4. The summed E-state index contributed by atoms with van der Waals surface area (Å²) < 4.78 is 43.9. The first-order valence-electron chi connectivity index (χ1n) is 13.2. The Morgan fingerprint density at radius 1 is 1.11 bits per heavy atom. The van der Waals surface area contributed by atoms with E-state index in [4.69, 9.17) is 4.74 Å². The molecule has 5 rings (SSSR count). The number of phenols is 1. The molecular weight excluding hydrogens is 497 g/mol. The van der Waals surface area contributed by atoms with Crippen LogP contribution in [-0.4, -0.2) is 48.6 Å². The van der Waals surface area contributed by atoms with Crippen molar-refractivity contribution in [1.82, 2.24) is 10.2 Å². The summed E-state index contributed by atoms with van der Waals surface area (Å²) in [6, 6.07) is 9.93. The zero-order valence-electron chi connectivity index (χ0n) is 21.4. The molecule has 1 aliphatic heterocycles. The van der Waals surface area contributed by atoms with E-state index < -0.39 is 17.2 Å². The number of nitrogens with one attached hydrogen (secondary N) is 1. The van der Waals surface area contributed by atoms with Crippen molar-refractivity contribution in [2.75, 3.05) is 26.7 Å². The average Bonchev–Trinajstić information content (AvgIpc) is 3.58. The number of ether oxygens (including phenoxy) is 1. The Bertz CT molecular complexity index is 1190. The van der Waals surface area contributed by atoms with Crippen molar-refractivity contribution < 1.29 is 32.6 Å². The van der Waals surface area contributed by atoms with Crippen LogP contribution in [-0.2, 0) is 27.6 Å². The van der Waals surface area contributed by atoms with E-state index in [0.29, 0.717) is 55.6 Å². The average molecular weight is 531 g/mol. The predicted molar refractivity (Wildman–Crippen MR) is 135 cm³/mol. The summed E-state index contributed by atoms with van der Waals surface area (Å²) in [5.74, 6) is 1.22. The van der Waals surface area contributed by atoms with Crippen LogP contribution in [0.25, 0.3) is 0 Å². The number of phenolic OH excluding ortho intramolecular Hbond substituents is 1. The van der Waals surface area contributed by atoms with Gasteiger partial charge in [0.25, 0.3) is 0 Å². The number of nitrogens with zero attached hydrogens (tertiary/aromatic N) is 1. The van der Waals surface area contributed by atoms with E-state index in [1.165, 1.54) is 19.2 Å². The fourth-order valence-corrected chi connectivity index (χ4v) is 6.32. The summed E-state index contributed by atoms with van der Waals surface area (Å²) in [5.41, 5.74) is -0.0914. The molecule has 6 nitrogen and oxygen atoms in total. The maximum Gasteiger partial charge on any atom is 0.416 e. The highest BCUT2D eigenvalue weighted by Crippen LogP contribution is 2.49. The number of rotatable bonds is 7. The maximum absolute atomic E-state index is 13.2. The Kier molecular flexibility index (Phi) is 7.05. The normalized spacial score (nSPS) is 24.0. The van der Waals surface area contributed by atoms with Crippen LogP contribution in [0.15, 0.2) is 42.5 Å². The minimum Gasteiger partial charge on any atom is -0.504 e. The van der Waals surface area contributed by atoms with Gasteiger partial charge in [-0.2, -0.15) is 13.2 Å². The van der Waals surface area contributed by atoms with Crippen LogP contribution in [0.2, 0.25) is 0 Å². The summed E-state index contributed by atoms with van der Waals surface area (Å²) in [5, 5.41) is 13.1. The topological polar surface area (TPSA) is 78.9 Å². The molecule has 2 aromatic rings. The molecule has 2 aromatic carbocycles. The first-order valence-corrected chi connectivity index (χ1v) is 13.2. The molecule has 38 heavy (non-hydrogen) atoms. The van der Waals surface area contributed by atoms with Gasteiger partial charge in [0.15, 0.2) is 11.5 Å². The van der Waals surface area contributed by atoms with Crippen LogP contribution in [0, 0.1) is 17.8 Å². The van der Waals surface area contributed by atoms with E-state index >= 15 is 0 Å². The largest absolute Gasteiger partial charge is 0.504 e. The van der Waals surface area contributed by atoms with Gasteiger partial charge in [0.1, 0.15) is 0 Å². The zero-order valence-corrected chi connectivity index (χ0v) is 21.4. The number of carbonyl (C=O) groups is 2. The summed E-state index contributed by atoms with van der Waals surface area (Å²) >= 11 is 0. The summed E-state index contributed by atoms with van der Waals surface area (Å²) in [6.45, 7) is 1.86. The molecule has 1 heterocycles. The molecule has 2 N–H and O–H groups in total. The van der Waals surface area contributed by atoms with Crippen molar-refractivity contribution in [1.29, 1.82) is 0 Å². The third-order valence-electron chi connectivity index (χ3n) is 8.67. The fraction of sp³-hybridized carbons (Fsp3) is 0.517. The smallest absolute Gasteiger partial charge is 0.416 e. The van der Waals surface area contributed by atoms with E-state index in [0.717, 1.165) is 37.0 Å². The van der Waals surface area contributed by atoms with Gasteiger partial charge in [-0.25, -0.2) is 0 Å². The molecule has 0 bridgehead atoms. The molecule has 0 spiro atoms. The second kappa shape index (κ2) is 10.2. The lowest BCUT2D eigenvalue weighted by Crippen LogP contribution is -2.41. The summed E-state index contributed by atoms with van der Waals surface area (Å²) in [4.78, 5) is 28.1. The molecule has 2 aliphatic carbocycles. The number of carbonyl (C=O) groups excluding carboxylic acids is 2. The van der Waals surface area contributed by atoms with Crippen LogP contribution in [0.4, 0.5) is 13.2 Å². The van der Waals surface area contributed by atoms with E-state index in [1.54, 1.807) is 18.2 Å². The molecular formula is C29H33F3N2O4. The number of benzene rings is 2. The van der Waals surface area contributed by atoms with Gasteiger partial charge in [-0.3, -0.25) is 9.59 Å². The first-order chi connectivity index (χ1) is 18.1. The highest BCUT2D eigenvalue weighted by atomic mass is 19.4. The molecule has 0 radical (unpaired) electrons. The van der Waals surface area contributed by atoms with Crippen LogP contribution < -0.4 is 10.1 Å². The number of likely N-dealkylation sites (tertiary alicyclic amines) is 1. The van der Waals surface area contributed by atoms with E-state index in [-0.39, 0.29) is 29.9 Å². The van der Waals surface area contributed by atoms with Gasteiger partial charge in [-0.15, -0.1) is 0 Å². The third kappa shape index (κ3) is 5.20. The van der Waals surface area contributed by atoms with Crippen molar-refractivity contribution in [3.05, 3.63) is 59.2 Å². The number of aromatic hydroxyl groups is 1. The Hall–Kier alpha value is -3.23. The monoisotopic (exact) mass is 530 g/mol. The minimum absolute atomic E-state index is 0.00780. The standard InChI is InChI=1S/C29H33F3N2O4/c1-38-25-10-5-18(13-24(25)35)14-26(36)34-16-20-4-2-3-19(23(20)17-34)15-33-27(37)28(11-12-28)21-6-8-22(9-7-21)29(30,31)32/h5-10,13,19-20,23,35H,2-4,11-12,14-17H2,1H3,(H,33,37)/t19-,20-,23-/m1/s1. The van der Waals surface area contributed by atoms with Crippen LogP contribution in [0.1, 0.15) is 48.8 Å². The molecule has 3 fully saturated rings. The number of fused-ring (bicyclic) bond motifs is 1. The zero-order chi connectivity index (χ0) is 27.1. The highest BCUT2D eigenvalue weighted by molar-refractivity contribution is 5.91. The summed E-state index contributed by atoms with van der Waals surface area (Å²) in [7, 11) is 1.48. The fourth-order valence-electron chi connectivity index (χ4n) is 6.32. The Labute approximate surface area is 220 Å². The maximum atomic E-state index is 13.2. The van der Waals surface area contributed by atoms with Crippen molar-refractivity contribution in [3.8, 4) is 11.5 Å². The third-order valence-corrected chi connectivity index (χ3v) is 8.67. The quantitative estimate of drug-likeness (QED) is 0.545. The highest BCUT2D eigenvalue weighted by Gasteiger charge is 2.52. The number of methoxy groups -OCH3 is 1. The second-order valence-corrected chi connectivity index (χ2v) is 11.0. The molecule has 2 amide bonds. The Balaban J connectivity index is 1.18. The van der Waals surface area contributed by atoms with Crippen molar-refractivity contribution in [3.63, 3.8) is 0 Å². The lowest BCUT2D eigenvalue weighted by Gasteiger charge is -2.33. The van der Waals surface area contributed by atoms with Crippen molar-refractivity contribution in [2.45, 2.75) is 50.1 Å². The van der Waals surface area contributed by atoms with Crippen LogP contribution >= 0.6 is 0 Å². The van der Waals surface area contributed by atoms with Gasteiger partial charge in [-0.1, -0.05) is 24.6 Å². The van der Waals surface area contributed by atoms with E-state index in [2.05, 4.69) is 5.32 Å². The molecule has 204 valence electrons. The predicted octanol–water partition coefficient (Wildman–Crippen LogP) is 4.68. The number of hydrogen-bond donors (Lipinski definition) is 2. The lowest BCUT2D eigenvalue weighted by molar-refractivity contribution is -0.137. The number of hydrogen-bond acceptors (Lipinski definition) is 4. The molecule has 9 heteroatoms. The van der Waals surface area contributed by atoms with Gasteiger partial charge in [0.2, 0.25) is 11.8 Å². The Morgan fingerprint density at radius 3 is 2.47 bits per heavy atom. The number of halogens is 3. The van der Waals surface area contributed by atoms with Gasteiger partial charge in [0, 0.05) is 19.6 Å². The van der Waals surface area contributed by atoms with Gasteiger partial charge in [0.05, 0.1) is 24.5 Å². The van der Waals surface area contributed by atoms with Crippen LogP contribution in [0.5, 0.6) is 11.5 Å². The second-order valence-electron chi connectivity index (χ2n) is 11.0.